The van der Waals surface area contributed by atoms with Crippen molar-refractivity contribution in [3.8, 4) is 5.75 Å². The number of rotatable bonds is 8. The van der Waals surface area contributed by atoms with Crippen LogP contribution in [0.1, 0.15) is 45.6 Å². The molecule has 1 aromatic heterocycles. The fourth-order valence-electron chi connectivity index (χ4n) is 8.55. The summed E-state index contributed by atoms with van der Waals surface area (Å²) >= 11 is 2.69. The maximum absolute atomic E-state index is 14.1. The maximum Gasteiger partial charge on any atom is 0.418 e. The molecule has 6 unspecified atom stereocenters. The van der Waals surface area contributed by atoms with Gasteiger partial charge in [-0.1, -0.05) is 35.6 Å². The lowest BCUT2D eigenvalue weighted by molar-refractivity contribution is -0.137. The van der Waals surface area contributed by atoms with Crippen molar-refractivity contribution >= 4 is 58.2 Å². The van der Waals surface area contributed by atoms with Gasteiger partial charge in [0.1, 0.15) is 5.75 Å². The fraction of sp³-hybridized carbons (Fsp3) is 0.324. The molecule has 2 aliphatic carbocycles. The number of carbonyl (C=O) groups excluding carboxylic acids is 4. The van der Waals surface area contributed by atoms with Gasteiger partial charge in [-0.2, -0.15) is 13.2 Å². The molecule has 15 heteroatoms. The smallest absolute Gasteiger partial charge is 0.418 e. The van der Waals surface area contributed by atoms with Crippen molar-refractivity contribution in [2.75, 3.05) is 23.4 Å². The molecule has 10 nitrogen and oxygen atoms in total. The standard InChI is InChI=1S/C37H30F3N3O7S2/c1-2-49-35(47)18-7-11-19(12-8-18)43-33(45)28-21-15-22(29(28)34(43)46)30-27(21)26(31-32(51-30)42-36(48)52-31)17-9-13-20(14-10-17)50-16-25(44)41-24-6-4-3-5-23(24)37(38,39)40/h3-14,21-22,26-30H,2,15-16H2,1H3,(H,41,44)(H,42,48)/t21?,22?,26-,27?,28?,29?,30?/m1/s1. The van der Waals surface area contributed by atoms with Crippen LogP contribution >= 0.6 is 23.1 Å². The van der Waals surface area contributed by atoms with Crippen LogP contribution in [-0.2, 0) is 25.3 Å². The number of ether oxygens (including phenoxy) is 2. The topological polar surface area (TPSA) is 135 Å². The van der Waals surface area contributed by atoms with Gasteiger partial charge in [-0.15, -0.1) is 11.8 Å². The van der Waals surface area contributed by atoms with Crippen LogP contribution in [0.15, 0.2) is 82.6 Å². The molecule has 2 saturated carbocycles. The first-order valence-corrected chi connectivity index (χ1v) is 18.4. The number of para-hydroxylation sites is 1. The van der Waals surface area contributed by atoms with Crippen LogP contribution < -0.4 is 19.8 Å². The predicted molar refractivity (Wildman–Crippen MR) is 185 cm³/mol. The van der Waals surface area contributed by atoms with Crippen molar-refractivity contribution < 1.29 is 41.8 Å². The van der Waals surface area contributed by atoms with Gasteiger partial charge >= 0.3 is 17.0 Å². The highest BCUT2D eigenvalue weighted by atomic mass is 32.2. The van der Waals surface area contributed by atoms with E-state index in [9.17, 15) is 37.1 Å². The number of alkyl halides is 3. The highest BCUT2D eigenvalue weighted by Crippen LogP contribution is 2.68. The first-order valence-electron chi connectivity index (χ1n) is 16.7. The average molecular weight is 750 g/mol. The second kappa shape index (κ2) is 13.0. The number of carbonyl (C=O) groups is 4. The van der Waals surface area contributed by atoms with Crippen LogP contribution in [0.4, 0.5) is 24.5 Å². The minimum absolute atomic E-state index is 0.0314. The van der Waals surface area contributed by atoms with Crippen molar-refractivity contribution in [2.45, 2.75) is 35.7 Å². The Bertz CT molecular complexity index is 2150. The molecule has 4 aromatic rings. The summed E-state index contributed by atoms with van der Waals surface area (Å²) in [6, 6.07) is 18.0. The van der Waals surface area contributed by atoms with Crippen LogP contribution in [0.3, 0.4) is 0 Å². The number of thiazole rings is 1. The molecule has 7 atom stereocenters. The Hall–Kier alpha value is -4.89. The van der Waals surface area contributed by atoms with Gasteiger partial charge in [0.15, 0.2) is 6.61 Å². The third-order valence-electron chi connectivity index (χ3n) is 10.5. The SMILES string of the molecule is CCOC(=O)c1ccc(N2C(=O)C3C4CC(C3C2=O)C2C4Sc3[nH]c(=O)sc3[C@@H]2c2ccc(OCC(=O)Nc3ccccc3C(F)(F)F)cc2)cc1. The zero-order valence-electron chi connectivity index (χ0n) is 27.3. The maximum atomic E-state index is 14.1. The highest BCUT2D eigenvalue weighted by molar-refractivity contribution is 8.00. The molecule has 3 aromatic carbocycles. The molecule has 8 rings (SSSR count). The number of esters is 1. The van der Waals surface area contributed by atoms with Crippen molar-refractivity contribution in [1.29, 1.82) is 0 Å². The molecule has 4 aliphatic rings. The number of anilines is 2. The number of thioether (sulfide) groups is 1. The van der Waals surface area contributed by atoms with Crippen LogP contribution in [-0.4, -0.2) is 47.1 Å². The largest absolute Gasteiger partial charge is 0.484 e. The molecule has 0 radical (unpaired) electrons. The number of amides is 3. The first-order chi connectivity index (χ1) is 24.9. The van der Waals surface area contributed by atoms with E-state index in [1.54, 1.807) is 55.1 Å². The van der Waals surface area contributed by atoms with E-state index >= 15 is 0 Å². The Morgan fingerprint density at radius 2 is 1.63 bits per heavy atom. The molecular formula is C37H30F3N3O7S2. The van der Waals surface area contributed by atoms with Crippen LogP contribution in [0, 0.1) is 29.6 Å². The Labute approximate surface area is 302 Å². The number of imide groups is 1. The lowest BCUT2D eigenvalue weighted by Crippen LogP contribution is -2.42. The molecular weight excluding hydrogens is 720 g/mol. The fourth-order valence-corrected chi connectivity index (χ4v) is 11.4. The van der Waals surface area contributed by atoms with E-state index in [1.807, 2.05) is 12.1 Å². The van der Waals surface area contributed by atoms with Crippen molar-refractivity contribution in [3.63, 3.8) is 0 Å². The molecule has 0 spiro atoms. The Morgan fingerprint density at radius 1 is 0.942 bits per heavy atom. The minimum Gasteiger partial charge on any atom is -0.484 e. The van der Waals surface area contributed by atoms with E-state index in [2.05, 4.69) is 10.3 Å². The number of fused-ring (bicyclic) bond motifs is 9. The second-order valence-corrected chi connectivity index (χ2v) is 15.4. The summed E-state index contributed by atoms with van der Waals surface area (Å²) in [5, 5.41) is 2.99. The number of hydrogen-bond donors (Lipinski definition) is 2. The quantitative estimate of drug-likeness (QED) is 0.158. The predicted octanol–water partition coefficient (Wildman–Crippen LogP) is 6.33. The summed E-state index contributed by atoms with van der Waals surface area (Å²) in [5.74, 6) is -2.97. The molecule has 3 amide bonds. The average Bonchev–Trinajstić information content (AvgIpc) is 3.86. The number of hydrogen-bond acceptors (Lipinski definition) is 9. The van der Waals surface area contributed by atoms with Crippen molar-refractivity contribution in [3.05, 3.63) is 104 Å². The number of nitrogens with one attached hydrogen (secondary N) is 2. The molecule has 52 heavy (non-hydrogen) atoms. The van der Waals surface area contributed by atoms with E-state index in [4.69, 9.17) is 9.47 Å². The van der Waals surface area contributed by atoms with Gasteiger partial charge in [0.2, 0.25) is 11.8 Å². The lowest BCUT2D eigenvalue weighted by Gasteiger charge is -2.43. The lowest BCUT2D eigenvalue weighted by atomic mass is 9.68. The Morgan fingerprint density at radius 3 is 2.33 bits per heavy atom. The summed E-state index contributed by atoms with van der Waals surface area (Å²) in [6.07, 6.45) is -3.93. The summed E-state index contributed by atoms with van der Waals surface area (Å²) in [7, 11) is 0. The molecule has 3 fully saturated rings. The van der Waals surface area contributed by atoms with E-state index < -0.39 is 42.1 Å². The third kappa shape index (κ3) is 5.70. The number of H-pyrrole nitrogens is 1. The summed E-state index contributed by atoms with van der Waals surface area (Å²) in [6.45, 7) is 1.41. The molecule has 3 heterocycles. The van der Waals surface area contributed by atoms with E-state index in [-0.39, 0.29) is 57.9 Å². The molecule has 268 valence electrons. The van der Waals surface area contributed by atoms with Crippen LogP contribution in [0.2, 0.25) is 0 Å². The molecule has 2 aliphatic heterocycles. The van der Waals surface area contributed by atoms with Gasteiger partial charge in [0.05, 0.1) is 46.0 Å². The minimum atomic E-state index is -4.64. The van der Waals surface area contributed by atoms with Crippen molar-refractivity contribution in [1.82, 2.24) is 4.98 Å². The first kappa shape index (κ1) is 34.2. The van der Waals surface area contributed by atoms with Gasteiger partial charge in [-0.25, -0.2) is 4.79 Å². The van der Waals surface area contributed by atoms with E-state index in [1.165, 1.54) is 23.1 Å². The zero-order valence-corrected chi connectivity index (χ0v) is 29.0. The summed E-state index contributed by atoms with van der Waals surface area (Å²) in [4.78, 5) is 70.2. The van der Waals surface area contributed by atoms with E-state index in [0.717, 1.165) is 32.9 Å². The van der Waals surface area contributed by atoms with Gasteiger partial charge in [-0.3, -0.25) is 24.1 Å². The Balaban J connectivity index is 1.02. The van der Waals surface area contributed by atoms with Gasteiger partial charge in [-0.05, 0) is 85.2 Å². The Kier molecular flexibility index (Phi) is 8.52. The molecule has 1 saturated heterocycles. The number of benzene rings is 3. The van der Waals surface area contributed by atoms with Crippen LogP contribution in [0.25, 0.3) is 0 Å². The molecule has 2 N–H and O–H groups in total. The summed E-state index contributed by atoms with van der Waals surface area (Å²) < 4.78 is 50.8. The van der Waals surface area contributed by atoms with E-state index in [0.29, 0.717) is 23.4 Å². The summed E-state index contributed by atoms with van der Waals surface area (Å²) in [5.41, 5.74) is 0.268. The third-order valence-corrected chi connectivity index (χ3v) is 13.1. The number of aromatic nitrogens is 1. The number of halogens is 3. The van der Waals surface area contributed by atoms with Gasteiger partial charge in [0, 0.05) is 16.0 Å². The number of aromatic amines is 1. The molecule has 2 bridgehead atoms. The van der Waals surface area contributed by atoms with Crippen molar-refractivity contribution in [2.24, 2.45) is 29.6 Å². The number of nitrogens with zero attached hydrogens (tertiary/aromatic N) is 1. The van der Waals surface area contributed by atoms with Gasteiger partial charge < -0.3 is 19.8 Å². The normalized spacial score (nSPS) is 25.8. The second-order valence-electron chi connectivity index (χ2n) is 13.2. The monoisotopic (exact) mass is 749 g/mol. The van der Waals surface area contributed by atoms with Gasteiger partial charge in [0.25, 0.3) is 5.91 Å². The zero-order chi connectivity index (χ0) is 36.5. The van der Waals surface area contributed by atoms with Crippen LogP contribution in [0.5, 0.6) is 5.75 Å². The highest BCUT2D eigenvalue weighted by Gasteiger charge is 2.69.